The minimum Gasteiger partial charge on any atom is -0.372 e. The fourth-order valence-corrected chi connectivity index (χ4v) is 1.58. The van der Waals surface area contributed by atoms with Crippen LogP contribution in [0, 0.1) is 0 Å². The third-order valence-electron chi connectivity index (χ3n) is 2.41. The number of piperidine rings is 1. The second-order valence-corrected chi connectivity index (χ2v) is 3.50. The molecule has 0 aliphatic carbocycles. The first-order chi connectivity index (χ1) is 6.95. The molecular formula is C11H15N2O. The van der Waals surface area contributed by atoms with E-state index in [0.29, 0.717) is 12.7 Å². The van der Waals surface area contributed by atoms with Gasteiger partial charge in [0.25, 0.3) is 0 Å². The molecule has 2 heterocycles. The van der Waals surface area contributed by atoms with Crippen molar-refractivity contribution in [2.75, 3.05) is 13.1 Å². The molecule has 0 bridgehead atoms. The van der Waals surface area contributed by atoms with E-state index < -0.39 is 0 Å². The van der Waals surface area contributed by atoms with Crippen LogP contribution in [0.4, 0.5) is 0 Å². The number of ether oxygens (including phenoxy) is 1. The average molecular weight is 191 g/mol. The third-order valence-corrected chi connectivity index (χ3v) is 2.41. The Kier molecular flexibility index (Phi) is 3.49. The molecule has 0 atom stereocenters. The summed E-state index contributed by atoms with van der Waals surface area (Å²) in [5.74, 6) is 0. The summed E-state index contributed by atoms with van der Waals surface area (Å²) in [7, 11) is 0. The van der Waals surface area contributed by atoms with Crippen LogP contribution in [0.1, 0.15) is 18.5 Å². The van der Waals surface area contributed by atoms with E-state index in [0.717, 1.165) is 31.6 Å². The lowest BCUT2D eigenvalue weighted by Gasteiger charge is -2.21. The third kappa shape index (κ3) is 2.79. The van der Waals surface area contributed by atoms with Gasteiger partial charge >= 0.3 is 0 Å². The molecule has 0 spiro atoms. The molecule has 75 valence electrons. The highest BCUT2D eigenvalue weighted by atomic mass is 16.5. The average Bonchev–Trinajstić information content (AvgIpc) is 2.29. The van der Waals surface area contributed by atoms with Gasteiger partial charge in [-0.1, -0.05) is 6.07 Å². The summed E-state index contributed by atoms with van der Waals surface area (Å²) in [5.41, 5.74) is 1.01. The molecule has 3 nitrogen and oxygen atoms in total. The van der Waals surface area contributed by atoms with Gasteiger partial charge in [0, 0.05) is 19.3 Å². The van der Waals surface area contributed by atoms with Crippen molar-refractivity contribution < 1.29 is 4.74 Å². The van der Waals surface area contributed by atoms with Gasteiger partial charge in [-0.15, -0.1) is 0 Å². The Balaban J connectivity index is 1.76. The van der Waals surface area contributed by atoms with Crippen molar-refractivity contribution in [2.45, 2.75) is 25.6 Å². The van der Waals surface area contributed by atoms with Crippen LogP contribution in [0.15, 0.2) is 24.4 Å². The lowest BCUT2D eigenvalue weighted by molar-refractivity contribution is 0.0190. The molecule has 1 radical (unpaired) electrons. The quantitative estimate of drug-likeness (QED) is 0.723. The smallest absolute Gasteiger partial charge is 0.0891 e. The summed E-state index contributed by atoms with van der Waals surface area (Å²) in [6, 6.07) is 5.90. The predicted molar refractivity (Wildman–Crippen MR) is 53.9 cm³/mol. The van der Waals surface area contributed by atoms with Crippen molar-refractivity contribution in [3.05, 3.63) is 30.1 Å². The number of hydrogen-bond donors (Lipinski definition) is 0. The molecule has 1 saturated heterocycles. The summed E-state index contributed by atoms with van der Waals surface area (Å²) in [5, 5.41) is 4.29. The van der Waals surface area contributed by atoms with E-state index in [1.165, 1.54) is 0 Å². The van der Waals surface area contributed by atoms with E-state index in [2.05, 4.69) is 10.3 Å². The molecule has 0 unspecified atom stereocenters. The van der Waals surface area contributed by atoms with E-state index in [1.807, 2.05) is 18.2 Å². The monoisotopic (exact) mass is 191 g/mol. The summed E-state index contributed by atoms with van der Waals surface area (Å²) >= 11 is 0. The van der Waals surface area contributed by atoms with Crippen LogP contribution < -0.4 is 5.32 Å². The number of rotatable bonds is 3. The highest BCUT2D eigenvalue weighted by molar-refractivity contribution is 5.01. The van der Waals surface area contributed by atoms with E-state index in [9.17, 15) is 0 Å². The standard InChI is InChI=1S/C11H15N2O/c1-2-6-13-10(3-1)9-14-11-4-7-12-8-5-11/h1-3,6,11H,4-5,7-9H2. The second kappa shape index (κ2) is 5.08. The van der Waals surface area contributed by atoms with E-state index in [1.54, 1.807) is 6.20 Å². The number of aromatic nitrogens is 1. The Morgan fingerprint density at radius 2 is 2.14 bits per heavy atom. The molecule has 0 amide bonds. The van der Waals surface area contributed by atoms with Gasteiger partial charge in [0.15, 0.2) is 0 Å². The molecule has 2 rings (SSSR count). The summed E-state index contributed by atoms with van der Waals surface area (Å²) in [6.07, 6.45) is 4.31. The van der Waals surface area contributed by atoms with Crippen molar-refractivity contribution in [1.82, 2.24) is 10.3 Å². The van der Waals surface area contributed by atoms with Crippen LogP contribution >= 0.6 is 0 Å². The first-order valence-electron chi connectivity index (χ1n) is 5.10. The zero-order valence-electron chi connectivity index (χ0n) is 8.22. The predicted octanol–water partition coefficient (Wildman–Crippen LogP) is 1.36. The lowest BCUT2D eigenvalue weighted by atomic mass is 10.1. The van der Waals surface area contributed by atoms with Crippen molar-refractivity contribution in [3.63, 3.8) is 0 Å². The molecule has 0 N–H and O–H groups in total. The van der Waals surface area contributed by atoms with Gasteiger partial charge in [-0.3, -0.25) is 4.98 Å². The lowest BCUT2D eigenvalue weighted by Crippen LogP contribution is -2.28. The maximum atomic E-state index is 5.75. The van der Waals surface area contributed by atoms with Crippen molar-refractivity contribution >= 4 is 0 Å². The van der Waals surface area contributed by atoms with Gasteiger partial charge in [0.2, 0.25) is 0 Å². The molecule has 1 aromatic heterocycles. The van der Waals surface area contributed by atoms with Crippen LogP contribution in [0.25, 0.3) is 0 Å². The first kappa shape index (κ1) is 9.62. The summed E-state index contributed by atoms with van der Waals surface area (Å²) < 4.78 is 5.75. The Labute approximate surface area is 84.5 Å². The number of pyridine rings is 1. The van der Waals surface area contributed by atoms with E-state index >= 15 is 0 Å². The maximum Gasteiger partial charge on any atom is 0.0891 e. The van der Waals surface area contributed by atoms with Crippen LogP contribution in [-0.2, 0) is 11.3 Å². The van der Waals surface area contributed by atoms with Gasteiger partial charge in [-0.25, -0.2) is 5.32 Å². The summed E-state index contributed by atoms with van der Waals surface area (Å²) in [6.45, 7) is 2.53. The Morgan fingerprint density at radius 3 is 2.86 bits per heavy atom. The summed E-state index contributed by atoms with van der Waals surface area (Å²) in [4.78, 5) is 4.21. The molecule has 1 aliphatic rings. The van der Waals surface area contributed by atoms with Crippen molar-refractivity contribution in [1.29, 1.82) is 0 Å². The zero-order valence-corrected chi connectivity index (χ0v) is 8.22. The van der Waals surface area contributed by atoms with Crippen LogP contribution in [0.2, 0.25) is 0 Å². The number of hydrogen-bond acceptors (Lipinski definition) is 2. The molecule has 1 aliphatic heterocycles. The molecule has 1 aromatic rings. The van der Waals surface area contributed by atoms with Gasteiger partial charge in [0.05, 0.1) is 18.4 Å². The fraction of sp³-hybridized carbons (Fsp3) is 0.545. The first-order valence-corrected chi connectivity index (χ1v) is 5.10. The van der Waals surface area contributed by atoms with Crippen LogP contribution in [-0.4, -0.2) is 24.2 Å². The Bertz CT molecular complexity index is 257. The molecule has 3 heteroatoms. The topological polar surface area (TPSA) is 36.2 Å². The molecule has 14 heavy (non-hydrogen) atoms. The van der Waals surface area contributed by atoms with E-state index in [-0.39, 0.29) is 0 Å². The van der Waals surface area contributed by atoms with Crippen molar-refractivity contribution in [3.8, 4) is 0 Å². The second-order valence-electron chi connectivity index (χ2n) is 3.50. The van der Waals surface area contributed by atoms with Crippen LogP contribution in [0.5, 0.6) is 0 Å². The van der Waals surface area contributed by atoms with Gasteiger partial charge in [-0.05, 0) is 25.0 Å². The Morgan fingerprint density at radius 1 is 1.29 bits per heavy atom. The molecule has 0 aromatic carbocycles. The Hall–Kier alpha value is -0.930. The van der Waals surface area contributed by atoms with Gasteiger partial charge < -0.3 is 4.74 Å². The molecule has 1 fully saturated rings. The minimum atomic E-state index is 0.384. The van der Waals surface area contributed by atoms with Crippen molar-refractivity contribution in [2.24, 2.45) is 0 Å². The fourth-order valence-electron chi connectivity index (χ4n) is 1.58. The van der Waals surface area contributed by atoms with Gasteiger partial charge in [-0.2, -0.15) is 0 Å². The molecule has 0 saturated carbocycles. The number of nitrogens with zero attached hydrogens (tertiary/aromatic N) is 2. The normalized spacial score (nSPS) is 18.3. The minimum absolute atomic E-state index is 0.384. The van der Waals surface area contributed by atoms with Crippen LogP contribution in [0.3, 0.4) is 0 Å². The van der Waals surface area contributed by atoms with Gasteiger partial charge in [0.1, 0.15) is 0 Å². The molecular weight excluding hydrogens is 176 g/mol. The van der Waals surface area contributed by atoms with E-state index in [4.69, 9.17) is 4.74 Å². The zero-order chi connectivity index (χ0) is 9.64. The SMILES string of the molecule is c1ccc(COC2CC[N]CC2)nc1. The largest absolute Gasteiger partial charge is 0.372 e. The highest BCUT2D eigenvalue weighted by Gasteiger charge is 2.13. The maximum absolute atomic E-state index is 5.75. The highest BCUT2D eigenvalue weighted by Crippen LogP contribution is 2.10.